The maximum Gasteiger partial charge on any atom is 0.406 e. The molecule has 0 saturated carbocycles. The number of anilines is 1. The monoisotopic (exact) mass is 251 g/mol. The Hall–Kier alpha value is -1.24. The molecular weight excluding hydrogens is 235 g/mol. The fraction of sp³-hybridized carbons (Fsp3) is 0.700. The van der Waals surface area contributed by atoms with Crippen LogP contribution in [-0.2, 0) is 6.54 Å². The molecule has 1 N–H and O–H groups in total. The SMILES string of the molecule is CCNCc1coc(N(CC)CC(F)(F)F)n1. The zero-order valence-electron chi connectivity index (χ0n) is 9.84. The number of rotatable bonds is 6. The molecule has 0 aliphatic carbocycles. The van der Waals surface area contributed by atoms with Crippen LogP contribution >= 0.6 is 0 Å². The van der Waals surface area contributed by atoms with Crippen molar-refractivity contribution in [2.45, 2.75) is 26.6 Å². The minimum absolute atomic E-state index is 0.0118. The van der Waals surface area contributed by atoms with Gasteiger partial charge >= 0.3 is 6.18 Å². The van der Waals surface area contributed by atoms with Crippen molar-refractivity contribution < 1.29 is 17.6 Å². The van der Waals surface area contributed by atoms with Gasteiger partial charge in [0, 0.05) is 13.1 Å². The van der Waals surface area contributed by atoms with Crippen LogP contribution in [0.1, 0.15) is 19.5 Å². The molecule has 7 heteroatoms. The highest BCUT2D eigenvalue weighted by Crippen LogP contribution is 2.21. The summed E-state index contributed by atoms with van der Waals surface area (Å²) in [5.41, 5.74) is 0.600. The van der Waals surface area contributed by atoms with Crippen molar-refractivity contribution in [2.75, 3.05) is 24.5 Å². The third-order valence-corrected chi connectivity index (χ3v) is 2.12. The molecule has 17 heavy (non-hydrogen) atoms. The molecule has 0 radical (unpaired) electrons. The highest BCUT2D eigenvalue weighted by molar-refractivity contribution is 5.27. The number of aromatic nitrogens is 1. The molecule has 1 aromatic rings. The number of nitrogens with one attached hydrogen (secondary N) is 1. The van der Waals surface area contributed by atoms with E-state index in [0.717, 1.165) is 11.4 Å². The lowest BCUT2D eigenvalue weighted by Crippen LogP contribution is -2.34. The highest BCUT2D eigenvalue weighted by atomic mass is 19.4. The topological polar surface area (TPSA) is 41.3 Å². The van der Waals surface area contributed by atoms with Crippen LogP contribution in [0.15, 0.2) is 10.7 Å². The third-order valence-electron chi connectivity index (χ3n) is 2.12. The molecule has 0 unspecified atom stereocenters. The summed E-state index contributed by atoms with van der Waals surface area (Å²) in [6.45, 7) is 3.96. The van der Waals surface area contributed by atoms with Gasteiger partial charge in [0.15, 0.2) is 0 Å². The predicted octanol–water partition coefficient (Wildman–Crippen LogP) is 2.17. The lowest BCUT2D eigenvalue weighted by atomic mass is 10.5. The van der Waals surface area contributed by atoms with Crippen LogP contribution in [-0.4, -0.2) is 30.8 Å². The molecule has 0 bridgehead atoms. The van der Waals surface area contributed by atoms with Gasteiger partial charge in [-0.15, -0.1) is 0 Å². The van der Waals surface area contributed by atoms with Crippen LogP contribution in [0, 0.1) is 0 Å². The molecule has 98 valence electrons. The Morgan fingerprint density at radius 1 is 1.41 bits per heavy atom. The van der Waals surface area contributed by atoms with Crippen molar-refractivity contribution in [3.63, 3.8) is 0 Å². The van der Waals surface area contributed by atoms with Gasteiger partial charge in [-0.2, -0.15) is 18.2 Å². The van der Waals surface area contributed by atoms with Gasteiger partial charge < -0.3 is 14.6 Å². The first-order valence-electron chi connectivity index (χ1n) is 5.43. The summed E-state index contributed by atoms with van der Waals surface area (Å²) >= 11 is 0. The van der Waals surface area contributed by atoms with Gasteiger partial charge in [0.05, 0.1) is 5.69 Å². The van der Waals surface area contributed by atoms with Gasteiger partial charge in [-0.05, 0) is 13.5 Å². The van der Waals surface area contributed by atoms with Gasteiger partial charge in [-0.1, -0.05) is 6.92 Å². The standard InChI is InChI=1S/C10H16F3N3O/c1-3-14-5-8-6-17-9(15-8)16(4-2)7-10(11,12)13/h6,14H,3-5,7H2,1-2H3. The number of nitrogens with zero attached hydrogens (tertiary/aromatic N) is 2. The molecule has 1 aromatic heterocycles. The maximum atomic E-state index is 12.3. The summed E-state index contributed by atoms with van der Waals surface area (Å²) in [6.07, 6.45) is -2.89. The van der Waals surface area contributed by atoms with Gasteiger partial charge in [-0.3, -0.25) is 0 Å². The average Bonchev–Trinajstić information content (AvgIpc) is 2.70. The van der Waals surface area contributed by atoms with Crippen molar-refractivity contribution in [3.05, 3.63) is 12.0 Å². The second-order valence-electron chi connectivity index (χ2n) is 3.53. The Kier molecular flexibility index (Phi) is 4.80. The van der Waals surface area contributed by atoms with Crippen LogP contribution in [0.3, 0.4) is 0 Å². The number of hydrogen-bond donors (Lipinski definition) is 1. The maximum absolute atomic E-state index is 12.3. The van der Waals surface area contributed by atoms with Crippen LogP contribution < -0.4 is 10.2 Å². The third kappa shape index (κ3) is 4.64. The first-order valence-corrected chi connectivity index (χ1v) is 5.43. The fourth-order valence-corrected chi connectivity index (χ4v) is 1.31. The van der Waals surface area contributed by atoms with Gasteiger partial charge in [0.25, 0.3) is 6.01 Å². The van der Waals surface area contributed by atoms with E-state index in [1.165, 1.54) is 6.26 Å². The first kappa shape index (κ1) is 13.8. The Balaban J connectivity index is 2.65. The van der Waals surface area contributed by atoms with Gasteiger partial charge in [-0.25, -0.2) is 0 Å². The summed E-state index contributed by atoms with van der Waals surface area (Å²) < 4.78 is 41.8. The van der Waals surface area contributed by atoms with Crippen LogP contribution in [0.5, 0.6) is 0 Å². The molecule has 0 amide bonds. The van der Waals surface area contributed by atoms with Gasteiger partial charge in [0.1, 0.15) is 12.8 Å². The van der Waals surface area contributed by atoms with Crippen molar-refractivity contribution in [1.82, 2.24) is 10.3 Å². The Labute approximate surface area is 97.8 Å². The normalized spacial score (nSPS) is 11.8. The van der Waals surface area contributed by atoms with E-state index in [0.29, 0.717) is 12.2 Å². The zero-order valence-corrected chi connectivity index (χ0v) is 9.84. The lowest BCUT2D eigenvalue weighted by Gasteiger charge is -2.19. The Morgan fingerprint density at radius 2 is 2.12 bits per heavy atom. The summed E-state index contributed by atoms with van der Waals surface area (Å²) in [6, 6.07) is 0.0118. The molecule has 0 aliphatic heterocycles. The van der Waals surface area contributed by atoms with Crippen LogP contribution in [0.2, 0.25) is 0 Å². The second-order valence-corrected chi connectivity index (χ2v) is 3.53. The molecule has 0 saturated heterocycles. The van der Waals surface area contributed by atoms with Crippen LogP contribution in [0.4, 0.5) is 19.2 Å². The molecule has 4 nitrogen and oxygen atoms in total. The highest BCUT2D eigenvalue weighted by Gasteiger charge is 2.31. The molecule has 0 fully saturated rings. The number of oxazole rings is 1. The Bertz CT molecular complexity index is 338. The molecule has 1 rings (SSSR count). The number of hydrogen-bond acceptors (Lipinski definition) is 4. The van der Waals surface area contributed by atoms with E-state index in [1.54, 1.807) is 6.92 Å². The summed E-state index contributed by atoms with van der Waals surface area (Å²) in [4.78, 5) is 5.05. The summed E-state index contributed by atoms with van der Waals surface area (Å²) in [7, 11) is 0. The van der Waals surface area contributed by atoms with Crippen molar-refractivity contribution in [1.29, 1.82) is 0 Å². The van der Waals surface area contributed by atoms with Crippen molar-refractivity contribution in [3.8, 4) is 0 Å². The lowest BCUT2D eigenvalue weighted by molar-refractivity contribution is -0.120. The van der Waals surface area contributed by atoms with E-state index < -0.39 is 12.7 Å². The van der Waals surface area contributed by atoms with Crippen LogP contribution in [0.25, 0.3) is 0 Å². The fourth-order valence-electron chi connectivity index (χ4n) is 1.31. The zero-order chi connectivity index (χ0) is 12.9. The molecule has 0 spiro atoms. The minimum Gasteiger partial charge on any atom is -0.432 e. The van der Waals surface area contributed by atoms with E-state index in [9.17, 15) is 13.2 Å². The summed E-state index contributed by atoms with van der Waals surface area (Å²) in [5.74, 6) is 0. The Morgan fingerprint density at radius 3 is 2.65 bits per heavy atom. The van der Waals surface area contributed by atoms with E-state index >= 15 is 0 Å². The molecular formula is C10H16F3N3O. The molecule has 0 aliphatic rings. The molecule has 1 heterocycles. The van der Waals surface area contributed by atoms with E-state index in [4.69, 9.17) is 4.42 Å². The van der Waals surface area contributed by atoms with Gasteiger partial charge in [0.2, 0.25) is 0 Å². The van der Waals surface area contributed by atoms with E-state index in [-0.39, 0.29) is 12.6 Å². The average molecular weight is 251 g/mol. The molecule has 0 aromatic carbocycles. The smallest absolute Gasteiger partial charge is 0.406 e. The minimum atomic E-state index is -4.26. The van der Waals surface area contributed by atoms with E-state index in [2.05, 4.69) is 10.3 Å². The second kappa shape index (κ2) is 5.90. The summed E-state index contributed by atoms with van der Waals surface area (Å²) in [5, 5.41) is 3.02. The molecule has 0 atom stereocenters. The largest absolute Gasteiger partial charge is 0.432 e. The van der Waals surface area contributed by atoms with E-state index in [1.807, 2.05) is 6.92 Å². The first-order chi connectivity index (χ1) is 7.96. The quantitative estimate of drug-likeness (QED) is 0.841. The van der Waals surface area contributed by atoms with Crippen molar-refractivity contribution >= 4 is 6.01 Å². The number of alkyl halides is 3. The van der Waals surface area contributed by atoms with Crippen molar-refractivity contribution in [2.24, 2.45) is 0 Å². The number of halogens is 3. The predicted molar refractivity (Wildman–Crippen MR) is 57.8 cm³/mol.